The SMILES string of the molecule is NNC(=NCCC1CCC1)NC1CCCCC1. The van der Waals surface area contributed by atoms with Crippen LogP contribution in [0.2, 0.25) is 0 Å². The Morgan fingerprint density at radius 2 is 1.82 bits per heavy atom. The summed E-state index contributed by atoms with van der Waals surface area (Å²) < 4.78 is 0. The molecule has 2 aliphatic rings. The first-order chi connectivity index (χ1) is 8.38. The molecule has 2 aliphatic carbocycles. The van der Waals surface area contributed by atoms with Gasteiger partial charge in [0, 0.05) is 12.6 Å². The molecule has 0 aliphatic heterocycles. The monoisotopic (exact) mass is 238 g/mol. The van der Waals surface area contributed by atoms with Crippen LogP contribution in [0.1, 0.15) is 57.8 Å². The van der Waals surface area contributed by atoms with Crippen LogP contribution in [0.25, 0.3) is 0 Å². The number of guanidine groups is 1. The van der Waals surface area contributed by atoms with Gasteiger partial charge in [0.1, 0.15) is 0 Å². The first-order valence-electron chi connectivity index (χ1n) is 7.16. The van der Waals surface area contributed by atoms with Crippen LogP contribution in [0, 0.1) is 5.92 Å². The molecule has 2 rings (SSSR count). The topological polar surface area (TPSA) is 62.4 Å². The third kappa shape index (κ3) is 4.19. The van der Waals surface area contributed by atoms with Crippen LogP contribution in [0.4, 0.5) is 0 Å². The van der Waals surface area contributed by atoms with Crippen LogP contribution in [-0.4, -0.2) is 18.5 Å². The summed E-state index contributed by atoms with van der Waals surface area (Å²) in [5, 5.41) is 3.43. The number of rotatable bonds is 4. The lowest BCUT2D eigenvalue weighted by molar-refractivity contribution is 0.300. The summed E-state index contributed by atoms with van der Waals surface area (Å²) in [5.41, 5.74) is 2.70. The van der Waals surface area contributed by atoms with Crippen molar-refractivity contribution in [1.82, 2.24) is 10.7 Å². The molecule has 0 aromatic heterocycles. The number of hydrazine groups is 1. The quantitative estimate of drug-likeness (QED) is 0.303. The molecule has 17 heavy (non-hydrogen) atoms. The van der Waals surface area contributed by atoms with E-state index in [2.05, 4.69) is 15.7 Å². The zero-order valence-corrected chi connectivity index (χ0v) is 10.8. The molecule has 0 bridgehead atoms. The minimum absolute atomic E-state index is 0.572. The maximum atomic E-state index is 5.51. The Labute approximate surface area is 104 Å². The van der Waals surface area contributed by atoms with Crippen molar-refractivity contribution in [2.24, 2.45) is 16.8 Å². The Hall–Kier alpha value is -0.770. The molecule has 0 amide bonds. The van der Waals surface area contributed by atoms with Gasteiger partial charge in [0.2, 0.25) is 5.96 Å². The van der Waals surface area contributed by atoms with E-state index in [0.29, 0.717) is 6.04 Å². The highest BCUT2D eigenvalue weighted by Gasteiger charge is 2.17. The third-order valence-electron chi connectivity index (χ3n) is 4.11. The van der Waals surface area contributed by atoms with Crippen LogP contribution >= 0.6 is 0 Å². The first-order valence-corrected chi connectivity index (χ1v) is 7.16. The Morgan fingerprint density at radius 1 is 1.06 bits per heavy atom. The van der Waals surface area contributed by atoms with E-state index in [0.717, 1.165) is 18.4 Å². The van der Waals surface area contributed by atoms with E-state index in [1.54, 1.807) is 0 Å². The minimum atomic E-state index is 0.572. The highest BCUT2D eigenvalue weighted by molar-refractivity contribution is 5.79. The van der Waals surface area contributed by atoms with E-state index in [-0.39, 0.29) is 0 Å². The van der Waals surface area contributed by atoms with Gasteiger partial charge in [-0.3, -0.25) is 10.4 Å². The molecule has 0 unspecified atom stereocenters. The van der Waals surface area contributed by atoms with Gasteiger partial charge in [0.15, 0.2) is 0 Å². The summed E-state index contributed by atoms with van der Waals surface area (Å²) in [6.07, 6.45) is 12.0. The molecule has 0 radical (unpaired) electrons. The predicted molar refractivity (Wildman–Crippen MR) is 71.6 cm³/mol. The lowest BCUT2D eigenvalue weighted by Crippen LogP contribution is -2.47. The second-order valence-electron chi connectivity index (χ2n) is 5.44. The average molecular weight is 238 g/mol. The van der Waals surface area contributed by atoms with Gasteiger partial charge in [-0.15, -0.1) is 0 Å². The fraction of sp³-hybridized carbons (Fsp3) is 0.923. The van der Waals surface area contributed by atoms with Gasteiger partial charge in [-0.2, -0.15) is 0 Å². The summed E-state index contributed by atoms with van der Waals surface area (Å²) in [5.74, 6) is 7.22. The van der Waals surface area contributed by atoms with E-state index < -0.39 is 0 Å². The normalized spacial score (nSPS) is 23.2. The number of hydrogen-bond donors (Lipinski definition) is 3. The zero-order valence-electron chi connectivity index (χ0n) is 10.8. The Bertz CT molecular complexity index is 242. The summed E-state index contributed by atoms with van der Waals surface area (Å²) in [4.78, 5) is 4.53. The van der Waals surface area contributed by atoms with Gasteiger partial charge in [0.05, 0.1) is 0 Å². The summed E-state index contributed by atoms with van der Waals surface area (Å²) in [7, 11) is 0. The lowest BCUT2D eigenvalue weighted by Gasteiger charge is -2.25. The van der Waals surface area contributed by atoms with Crippen molar-refractivity contribution < 1.29 is 0 Å². The van der Waals surface area contributed by atoms with Gasteiger partial charge < -0.3 is 5.32 Å². The molecule has 4 heteroatoms. The number of nitrogens with two attached hydrogens (primary N) is 1. The van der Waals surface area contributed by atoms with Gasteiger partial charge in [-0.1, -0.05) is 38.5 Å². The second-order valence-corrected chi connectivity index (χ2v) is 5.44. The number of nitrogens with one attached hydrogen (secondary N) is 2. The fourth-order valence-corrected chi connectivity index (χ4v) is 2.71. The first kappa shape index (κ1) is 12.7. The molecular formula is C13H26N4. The maximum Gasteiger partial charge on any atom is 0.205 e. The van der Waals surface area contributed by atoms with Crippen LogP contribution in [0.5, 0.6) is 0 Å². The molecule has 0 atom stereocenters. The zero-order chi connectivity index (χ0) is 11.9. The molecule has 0 aromatic rings. The van der Waals surface area contributed by atoms with Crippen LogP contribution < -0.4 is 16.6 Å². The van der Waals surface area contributed by atoms with E-state index in [4.69, 9.17) is 5.84 Å². The van der Waals surface area contributed by atoms with E-state index >= 15 is 0 Å². The molecule has 4 N–H and O–H groups in total. The van der Waals surface area contributed by atoms with E-state index in [9.17, 15) is 0 Å². The van der Waals surface area contributed by atoms with Crippen molar-refractivity contribution in [2.45, 2.75) is 63.8 Å². The summed E-state index contributed by atoms with van der Waals surface area (Å²) >= 11 is 0. The van der Waals surface area contributed by atoms with Gasteiger partial charge in [0.25, 0.3) is 0 Å². The van der Waals surface area contributed by atoms with Crippen LogP contribution in [0.15, 0.2) is 4.99 Å². The highest BCUT2D eigenvalue weighted by Crippen LogP contribution is 2.29. The molecule has 2 saturated carbocycles. The van der Waals surface area contributed by atoms with Crippen molar-refractivity contribution in [3.63, 3.8) is 0 Å². The van der Waals surface area contributed by atoms with Crippen molar-refractivity contribution >= 4 is 5.96 Å². The summed E-state index contributed by atoms with van der Waals surface area (Å²) in [6.45, 7) is 0.907. The molecule has 2 fully saturated rings. The molecule has 0 aromatic carbocycles. The van der Waals surface area contributed by atoms with Crippen LogP contribution in [-0.2, 0) is 0 Å². The van der Waals surface area contributed by atoms with Gasteiger partial charge in [-0.05, 0) is 25.2 Å². The van der Waals surface area contributed by atoms with Crippen molar-refractivity contribution in [3.8, 4) is 0 Å². The van der Waals surface area contributed by atoms with Gasteiger partial charge >= 0.3 is 0 Å². The Morgan fingerprint density at radius 3 is 2.41 bits per heavy atom. The van der Waals surface area contributed by atoms with E-state index in [1.807, 2.05) is 0 Å². The maximum absolute atomic E-state index is 5.51. The second kappa shape index (κ2) is 6.84. The third-order valence-corrected chi connectivity index (χ3v) is 4.11. The average Bonchev–Trinajstić information content (AvgIpc) is 2.32. The van der Waals surface area contributed by atoms with Crippen molar-refractivity contribution in [1.29, 1.82) is 0 Å². The smallest absolute Gasteiger partial charge is 0.205 e. The fourth-order valence-electron chi connectivity index (χ4n) is 2.71. The molecule has 0 spiro atoms. The molecule has 98 valence electrons. The molecular weight excluding hydrogens is 212 g/mol. The predicted octanol–water partition coefficient (Wildman–Crippen LogP) is 1.92. The number of aliphatic imine (C=N–C) groups is 1. The van der Waals surface area contributed by atoms with E-state index in [1.165, 1.54) is 57.8 Å². The van der Waals surface area contributed by atoms with Crippen molar-refractivity contribution in [3.05, 3.63) is 0 Å². The number of hydrogen-bond acceptors (Lipinski definition) is 2. The lowest BCUT2D eigenvalue weighted by atomic mass is 9.83. The number of nitrogens with zero attached hydrogens (tertiary/aromatic N) is 1. The van der Waals surface area contributed by atoms with Crippen LogP contribution in [0.3, 0.4) is 0 Å². The van der Waals surface area contributed by atoms with Gasteiger partial charge in [-0.25, -0.2) is 5.84 Å². The minimum Gasteiger partial charge on any atom is -0.353 e. The largest absolute Gasteiger partial charge is 0.353 e. The Kier molecular flexibility index (Phi) is 5.10. The molecule has 0 heterocycles. The standard InChI is InChI=1S/C13H26N4/c14-17-13(15-10-9-11-5-4-6-11)16-12-7-2-1-3-8-12/h11-12H,1-10,14H2,(H2,15,16,17). The Balaban J connectivity index is 1.68. The van der Waals surface area contributed by atoms with Crippen molar-refractivity contribution in [2.75, 3.05) is 6.54 Å². The highest BCUT2D eigenvalue weighted by atomic mass is 15.3. The summed E-state index contributed by atoms with van der Waals surface area (Å²) in [6, 6.07) is 0.572. The molecule has 4 nitrogen and oxygen atoms in total. The molecule has 0 saturated heterocycles.